The maximum atomic E-state index is 14.2. The van der Waals surface area contributed by atoms with Crippen LogP contribution in [0, 0.1) is 17.8 Å². The molecule has 0 saturated carbocycles. The zero-order valence-corrected chi connectivity index (χ0v) is 33.7. The molecule has 0 aromatic heterocycles. The summed E-state index contributed by atoms with van der Waals surface area (Å²) in [5.41, 5.74) is 15.7. The van der Waals surface area contributed by atoms with Gasteiger partial charge in [-0.05, 0) is 42.8 Å². The minimum Gasteiger partial charge on any atom is -0.379 e. The highest BCUT2D eigenvalue weighted by molar-refractivity contribution is 5.91. The molecule has 2 rings (SSSR count). The molecule has 54 heavy (non-hydrogen) atoms. The van der Waals surface area contributed by atoms with Crippen LogP contribution in [0.2, 0.25) is 0 Å². The summed E-state index contributed by atoms with van der Waals surface area (Å²) < 4.78 is 11.8. The molecule has 1 aromatic carbocycles. The summed E-state index contributed by atoms with van der Waals surface area (Å²) in [5, 5.41) is 12.3. The summed E-state index contributed by atoms with van der Waals surface area (Å²) in [6.07, 6.45) is 0.667. The molecule has 3 unspecified atom stereocenters. The monoisotopic (exact) mass is 757 g/mol. The van der Waals surface area contributed by atoms with Gasteiger partial charge in [-0.25, -0.2) is 0 Å². The molecule has 5 amide bonds. The summed E-state index contributed by atoms with van der Waals surface area (Å²) in [7, 11) is 6.25. The Bertz CT molecular complexity index is 1440. The Morgan fingerprint density at radius 1 is 1.02 bits per heavy atom. The average molecular weight is 758 g/mol. The van der Waals surface area contributed by atoms with E-state index in [1.807, 2.05) is 58.0 Å². The maximum Gasteiger partial charge on any atom is 0.245 e. The van der Waals surface area contributed by atoms with E-state index in [1.54, 1.807) is 32.8 Å². The van der Waals surface area contributed by atoms with Crippen molar-refractivity contribution in [1.82, 2.24) is 25.8 Å². The Morgan fingerprint density at radius 2 is 1.67 bits per heavy atom. The highest BCUT2D eigenvalue weighted by Crippen LogP contribution is 2.29. The molecule has 1 aliphatic heterocycles. The number of rotatable bonds is 22. The molecule has 1 aliphatic rings. The topological polar surface area (TPSA) is 221 Å². The predicted molar refractivity (Wildman–Crippen MR) is 206 cm³/mol. The van der Waals surface area contributed by atoms with E-state index in [4.69, 9.17) is 15.2 Å². The molecule has 10 atom stereocenters. The number of nitrogens with zero attached hydrogens (tertiary/aromatic N) is 5. The van der Waals surface area contributed by atoms with Crippen LogP contribution in [0.1, 0.15) is 72.8 Å². The number of nitrogens with one attached hydrogen (secondary N) is 3. The third-order valence-electron chi connectivity index (χ3n) is 10.7. The number of methoxy groups -OCH3 is 2. The summed E-state index contributed by atoms with van der Waals surface area (Å²) >= 11 is 0. The van der Waals surface area contributed by atoms with E-state index in [9.17, 15) is 29.5 Å². The number of carbonyl (C=O) groups is 5. The molecule has 16 heteroatoms. The minimum atomic E-state index is -1.17. The number of hydrogen-bond acceptors (Lipinski definition) is 9. The average Bonchev–Trinajstić information content (AvgIpc) is 3.63. The number of primary amides is 1. The molecule has 5 N–H and O–H groups in total. The van der Waals surface area contributed by atoms with Gasteiger partial charge in [-0.3, -0.25) is 24.0 Å². The van der Waals surface area contributed by atoms with E-state index in [0.717, 1.165) is 5.56 Å². The number of ether oxygens (including phenoxy) is 2. The van der Waals surface area contributed by atoms with Crippen molar-refractivity contribution in [2.45, 2.75) is 122 Å². The molecule has 0 aliphatic carbocycles. The summed E-state index contributed by atoms with van der Waals surface area (Å²) in [5.74, 6) is -3.14. The van der Waals surface area contributed by atoms with Gasteiger partial charge in [0.05, 0.1) is 48.7 Å². The first-order valence-corrected chi connectivity index (χ1v) is 18.8. The van der Waals surface area contributed by atoms with Crippen LogP contribution in [-0.4, -0.2) is 123 Å². The van der Waals surface area contributed by atoms with Crippen molar-refractivity contribution >= 4 is 29.5 Å². The van der Waals surface area contributed by atoms with Gasteiger partial charge in [0.2, 0.25) is 29.5 Å². The second-order valence-electron chi connectivity index (χ2n) is 14.7. The van der Waals surface area contributed by atoms with Gasteiger partial charge in [0.25, 0.3) is 0 Å². The summed E-state index contributed by atoms with van der Waals surface area (Å²) in [6.45, 7) is 11.4. The predicted octanol–water partition coefficient (Wildman–Crippen LogP) is 2.55. The van der Waals surface area contributed by atoms with Crippen LogP contribution in [0.25, 0.3) is 10.4 Å². The normalized spacial score (nSPS) is 19.2. The molecule has 1 fully saturated rings. The van der Waals surface area contributed by atoms with Crippen LogP contribution >= 0.6 is 0 Å². The van der Waals surface area contributed by atoms with E-state index in [2.05, 4.69) is 26.0 Å². The molecule has 1 saturated heterocycles. The van der Waals surface area contributed by atoms with Crippen LogP contribution in [0.15, 0.2) is 35.4 Å². The first-order chi connectivity index (χ1) is 25.6. The van der Waals surface area contributed by atoms with Gasteiger partial charge < -0.3 is 41.0 Å². The van der Waals surface area contributed by atoms with Crippen molar-refractivity contribution < 1.29 is 33.4 Å². The highest BCUT2D eigenvalue weighted by Gasteiger charge is 2.43. The van der Waals surface area contributed by atoms with E-state index < -0.39 is 78.0 Å². The van der Waals surface area contributed by atoms with E-state index in [-0.39, 0.29) is 30.6 Å². The Kier molecular flexibility index (Phi) is 18.9. The fraction of sp³-hybridized carbons (Fsp3) is 0.711. The van der Waals surface area contributed by atoms with Gasteiger partial charge in [-0.2, -0.15) is 0 Å². The van der Waals surface area contributed by atoms with Gasteiger partial charge in [0, 0.05) is 39.1 Å². The fourth-order valence-corrected chi connectivity index (χ4v) is 7.45. The number of likely N-dealkylation sites (tertiary alicyclic amines) is 1. The van der Waals surface area contributed by atoms with Crippen molar-refractivity contribution in [3.8, 4) is 0 Å². The number of hydrogen-bond donors (Lipinski definition) is 4. The van der Waals surface area contributed by atoms with Crippen LogP contribution < -0.4 is 21.7 Å². The van der Waals surface area contributed by atoms with Crippen molar-refractivity contribution in [1.29, 1.82) is 0 Å². The van der Waals surface area contributed by atoms with Crippen molar-refractivity contribution in [3.05, 3.63) is 46.3 Å². The Morgan fingerprint density at radius 3 is 2.19 bits per heavy atom. The fourth-order valence-electron chi connectivity index (χ4n) is 7.45. The second kappa shape index (κ2) is 22.2. The molecule has 1 aromatic rings. The summed E-state index contributed by atoms with van der Waals surface area (Å²) in [6, 6.07) is 4.62. The number of benzene rings is 1. The number of carbonyl (C=O) groups excluding carboxylic acids is 5. The standard InChI is InChI=1S/C38H63N9O7/c1-11-23(4)33(46(8)38(52)32(25(6)44-45-40)43-37(51)31(41-7)22(2)3)29(53-9)21-30(48)47-19-15-18-28(47)34(54-10)24(5)36(50)42-27(35(39)49)20-26-16-13-12-14-17-26/h12-14,16-17,22-25,27-29,31-34,41H,11,15,18-21H2,1-10H3,(H2,39,49)(H,42,50)(H,43,51)/t23-,24+,25-,27?,28?,29+,31?,32-,33-,34+/m0/s1. The van der Waals surface area contributed by atoms with E-state index in [1.165, 1.54) is 19.1 Å². The smallest absolute Gasteiger partial charge is 0.245 e. The molecule has 16 nitrogen and oxygen atoms in total. The van der Waals surface area contributed by atoms with Crippen molar-refractivity contribution in [3.63, 3.8) is 0 Å². The SMILES string of the molecule is CC[C@H](C)[C@@H]([C@@H](CC(=O)N1CCCC1[C@H](OC)[C@@H](C)C(=O)NC(Cc1ccccc1)C(N)=O)OC)N(C)C(=O)[C@@H](NC(=O)C(NC)C(C)C)[C@H](C)N=[N+]=[N-]. The lowest BCUT2D eigenvalue weighted by Gasteiger charge is -2.41. The third kappa shape index (κ3) is 12.1. The van der Waals surface area contributed by atoms with Gasteiger partial charge >= 0.3 is 0 Å². The van der Waals surface area contributed by atoms with Gasteiger partial charge in [0.1, 0.15) is 12.1 Å². The zero-order chi connectivity index (χ0) is 40.7. The van der Waals surface area contributed by atoms with Crippen LogP contribution in [0.5, 0.6) is 0 Å². The first-order valence-electron chi connectivity index (χ1n) is 18.8. The number of amides is 5. The number of likely N-dealkylation sites (N-methyl/N-ethyl adjacent to an activating group) is 2. The van der Waals surface area contributed by atoms with Crippen LogP contribution in [0.4, 0.5) is 0 Å². The molecular formula is C38H63N9O7. The summed E-state index contributed by atoms with van der Waals surface area (Å²) in [4.78, 5) is 73.5. The van der Waals surface area contributed by atoms with Crippen LogP contribution in [0.3, 0.4) is 0 Å². The Hall–Kier alpha value is -4.24. The minimum absolute atomic E-state index is 0.0738. The first kappa shape index (κ1) is 45.9. The van der Waals surface area contributed by atoms with Gasteiger partial charge in [-0.15, -0.1) is 0 Å². The van der Waals surface area contributed by atoms with Gasteiger partial charge in [0.15, 0.2) is 0 Å². The van der Waals surface area contributed by atoms with Crippen molar-refractivity contribution in [2.75, 3.05) is 34.9 Å². The number of nitrogens with two attached hydrogens (primary N) is 1. The lowest BCUT2D eigenvalue weighted by atomic mass is 9.89. The molecule has 302 valence electrons. The second-order valence-corrected chi connectivity index (χ2v) is 14.7. The molecular weight excluding hydrogens is 694 g/mol. The van der Waals surface area contributed by atoms with E-state index in [0.29, 0.717) is 25.8 Å². The quantitative estimate of drug-likeness (QED) is 0.0780. The number of azide groups is 1. The molecule has 0 spiro atoms. The van der Waals surface area contributed by atoms with E-state index >= 15 is 0 Å². The molecule has 0 radical (unpaired) electrons. The van der Waals surface area contributed by atoms with Crippen LogP contribution in [-0.2, 0) is 39.9 Å². The highest BCUT2D eigenvalue weighted by atomic mass is 16.5. The lowest BCUT2D eigenvalue weighted by molar-refractivity contribution is -0.147. The van der Waals surface area contributed by atoms with Crippen molar-refractivity contribution in [2.24, 2.45) is 28.6 Å². The lowest BCUT2D eigenvalue weighted by Crippen LogP contribution is -2.60. The Labute approximate surface area is 320 Å². The zero-order valence-electron chi connectivity index (χ0n) is 33.7. The van der Waals surface area contributed by atoms with Gasteiger partial charge in [-0.1, -0.05) is 83.4 Å². The Balaban J connectivity index is 2.31. The molecule has 0 bridgehead atoms. The third-order valence-corrected chi connectivity index (χ3v) is 10.7. The largest absolute Gasteiger partial charge is 0.379 e. The maximum absolute atomic E-state index is 14.2. The molecule has 1 heterocycles.